The van der Waals surface area contributed by atoms with Gasteiger partial charge in [0.05, 0.1) is 13.2 Å². The van der Waals surface area contributed by atoms with Crippen LogP contribution in [0.3, 0.4) is 0 Å². The molecule has 2 aliphatic rings. The summed E-state index contributed by atoms with van der Waals surface area (Å²) in [5.41, 5.74) is 2.92. The minimum absolute atomic E-state index is 0.352. The van der Waals surface area contributed by atoms with Gasteiger partial charge in [-0.15, -0.1) is 0 Å². The molecule has 98 valence electrons. The third kappa shape index (κ3) is 1.39. The van der Waals surface area contributed by atoms with Gasteiger partial charge in [0.25, 0.3) is 0 Å². The number of H-pyrrole nitrogens is 1. The summed E-state index contributed by atoms with van der Waals surface area (Å²) < 4.78 is 5.32. The molecule has 2 aromatic rings. The normalized spacial score (nSPS) is 24.1. The summed E-state index contributed by atoms with van der Waals surface area (Å²) in [6.45, 7) is 1.05. The number of ether oxygens (including phenoxy) is 1. The fraction of sp³-hybridized carbons (Fsp3) is 0.357. The second kappa shape index (κ2) is 3.59. The van der Waals surface area contributed by atoms with Gasteiger partial charge in [0.2, 0.25) is 0 Å². The van der Waals surface area contributed by atoms with Crippen molar-refractivity contribution in [2.45, 2.75) is 18.0 Å². The van der Waals surface area contributed by atoms with Crippen molar-refractivity contribution < 1.29 is 14.6 Å². The Balaban J connectivity index is 1.94. The molecule has 1 fully saturated rings. The zero-order valence-corrected chi connectivity index (χ0v) is 10.3. The summed E-state index contributed by atoms with van der Waals surface area (Å²) in [7, 11) is 0. The van der Waals surface area contributed by atoms with Crippen molar-refractivity contribution in [1.82, 2.24) is 10.3 Å². The van der Waals surface area contributed by atoms with Gasteiger partial charge in [-0.25, -0.2) is 0 Å². The number of hydrogen-bond donors (Lipinski definition) is 3. The lowest BCUT2D eigenvalue weighted by molar-refractivity contribution is -0.145. The first-order valence-electron chi connectivity index (χ1n) is 6.38. The Morgan fingerprint density at radius 3 is 2.84 bits per heavy atom. The molecule has 1 unspecified atom stereocenters. The van der Waals surface area contributed by atoms with E-state index in [-0.39, 0.29) is 5.54 Å². The van der Waals surface area contributed by atoms with Gasteiger partial charge in [-0.2, -0.15) is 0 Å². The van der Waals surface area contributed by atoms with E-state index in [1.54, 1.807) is 0 Å². The highest BCUT2D eigenvalue weighted by Gasteiger charge is 2.49. The topological polar surface area (TPSA) is 74.3 Å². The van der Waals surface area contributed by atoms with Gasteiger partial charge in [0.15, 0.2) is 0 Å². The number of rotatable bonds is 1. The average molecular weight is 258 g/mol. The minimum Gasteiger partial charge on any atom is -0.480 e. The van der Waals surface area contributed by atoms with E-state index in [0.29, 0.717) is 19.6 Å². The molecule has 0 bridgehead atoms. The molecule has 3 N–H and O–H groups in total. The smallest absolute Gasteiger partial charge is 0.321 e. The van der Waals surface area contributed by atoms with Crippen LogP contribution in [0, 0.1) is 0 Å². The van der Waals surface area contributed by atoms with Crippen LogP contribution in [-0.2, 0) is 21.5 Å². The van der Waals surface area contributed by atoms with Crippen molar-refractivity contribution in [3.8, 4) is 0 Å². The van der Waals surface area contributed by atoms with Crippen LogP contribution in [0.4, 0.5) is 0 Å². The number of carbonyl (C=O) groups is 1. The molecule has 5 heteroatoms. The van der Waals surface area contributed by atoms with E-state index in [1.165, 1.54) is 0 Å². The quantitative estimate of drug-likeness (QED) is 0.713. The van der Waals surface area contributed by atoms with Crippen molar-refractivity contribution in [2.75, 3.05) is 13.2 Å². The van der Waals surface area contributed by atoms with E-state index in [0.717, 1.165) is 22.2 Å². The lowest BCUT2D eigenvalue weighted by Crippen LogP contribution is -2.65. The monoisotopic (exact) mass is 258 g/mol. The maximum absolute atomic E-state index is 11.3. The Bertz CT molecular complexity index is 672. The molecule has 1 saturated heterocycles. The maximum atomic E-state index is 11.3. The Labute approximate surface area is 109 Å². The second-order valence-electron chi connectivity index (χ2n) is 5.34. The summed E-state index contributed by atoms with van der Waals surface area (Å²) >= 11 is 0. The fourth-order valence-corrected chi connectivity index (χ4v) is 3.16. The Morgan fingerprint density at radius 1 is 1.37 bits per heavy atom. The molecular formula is C14H14N2O3. The number of nitrogens with one attached hydrogen (secondary N) is 2. The first kappa shape index (κ1) is 11.0. The van der Waals surface area contributed by atoms with E-state index >= 15 is 0 Å². The molecule has 19 heavy (non-hydrogen) atoms. The molecule has 1 aromatic heterocycles. The van der Waals surface area contributed by atoms with Gasteiger partial charge >= 0.3 is 5.97 Å². The van der Waals surface area contributed by atoms with Gasteiger partial charge in [-0.05, 0) is 11.6 Å². The van der Waals surface area contributed by atoms with Gasteiger partial charge in [0.1, 0.15) is 11.6 Å². The summed E-state index contributed by atoms with van der Waals surface area (Å²) in [6, 6.07) is 7.49. The largest absolute Gasteiger partial charge is 0.480 e. The van der Waals surface area contributed by atoms with E-state index in [4.69, 9.17) is 4.74 Å². The second-order valence-corrected chi connectivity index (χ2v) is 5.34. The standard InChI is InChI=1S/C14H14N2O3/c17-13(18)11-5-9-8-3-1-2-4-10(8)15-12(9)14(16-11)6-19-7-14/h1-4,11,15-16H,5-7H2,(H,17,18). The molecule has 0 radical (unpaired) electrons. The van der Waals surface area contributed by atoms with Crippen LogP contribution >= 0.6 is 0 Å². The van der Waals surface area contributed by atoms with E-state index in [1.807, 2.05) is 24.3 Å². The highest BCUT2D eigenvalue weighted by Crippen LogP contribution is 2.39. The molecule has 1 aromatic carbocycles. The zero-order valence-electron chi connectivity index (χ0n) is 10.3. The number of hydrogen-bond acceptors (Lipinski definition) is 3. The third-order valence-corrected chi connectivity index (χ3v) is 4.15. The molecule has 0 aliphatic carbocycles. The number of carboxylic acids is 1. The number of benzene rings is 1. The van der Waals surface area contributed by atoms with Crippen LogP contribution in [0.5, 0.6) is 0 Å². The Morgan fingerprint density at radius 2 is 2.16 bits per heavy atom. The predicted octanol–water partition coefficient (Wildman–Crippen LogP) is 0.992. The summed E-state index contributed by atoms with van der Waals surface area (Å²) in [5, 5.41) is 13.7. The number of aliphatic carboxylic acids is 1. The fourth-order valence-electron chi connectivity index (χ4n) is 3.16. The van der Waals surface area contributed by atoms with E-state index in [2.05, 4.69) is 10.3 Å². The molecule has 0 amide bonds. The summed E-state index contributed by atoms with van der Waals surface area (Å²) in [4.78, 5) is 14.8. The van der Waals surface area contributed by atoms with Gasteiger partial charge in [-0.1, -0.05) is 18.2 Å². The first-order valence-corrected chi connectivity index (χ1v) is 6.38. The Kier molecular flexibility index (Phi) is 2.08. The van der Waals surface area contributed by atoms with Crippen LogP contribution in [-0.4, -0.2) is 35.3 Å². The molecule has 1 spiro atoms. The zero-order chi connectivity index (χ0) is 13.0. The number of fused-ring (bicyclic) bond motifs is 4. The van der Waals surface area contributed by atoms with Gasteiger partial charge in [0, 0.05) is 23.0 Å². The molecular weight excluding hydrogens is 244 g/mol. The van der Waals surface area contributed by atoms with Crippen LogP contribution in [0.15, 0.2) is 24.3 Å². The van der Waals surface area contributed by atoms with Crippen molar-refractivity contribution in [3.05, 3.63) is 35.5 Å². The van der Waals surface area contributed by atoms with Crippen molar-refractivity contribution >= 4 is 16.9 Å². The number of aromatic amines is 1. The van der Waals surface area contributed by atoms with E-state index < -0.39 is 12.0 Å². The molecule has 0 saturated carbocycles. The summed E-state index contributed by atoms with van der Waals surface area (Å²) in [5.74, 6) is -0.804. The van der Waals surface area contributed by atoms with Crippen LogP contribution < -0.4 is 5.32 Å². The molecule has 5 nitrogen and oxygen atoms in total. The average Bonchev–Trinajstić information content (AvgIpc) is 2.74. The summed E-state index contributed by atoms with van der Waals surface area (Å²) in [6.07, 6.45) is 0.510. The van der Waals surface area contributed by atoms with Crippen molar-refractivity contribution in [3.63, 3.8) is 0 Å². The lowest BCUT2D eigenvalue weighted by atomic mass is 9.82. The molecule has 3 heterocycles. The third-order valence-electron chi connectivity index (χ3n) is 4.15. The van der Waals surface area contributed by atoms with Crippen LogP contribution in [0.25, 0.3) is 10.9 Å². The SMILES string of the molecule is O=C(O)C1Cc2c([nH]c3ccccc23)C2(COC2)N1. The number of carboxylic acid groups (broad SMARTS) is 1. The first-order chi connectivity index (χ1) is 9.20. The van der Waals surface area contributed by atoms with Crippen molar-refractivity contribution in [2.24, 2.45) is 0 Å². The molecule has 1 atom stereocenters. The highest BCUT2D eigenvalue weighted by molar-refractivity contribution is 5.87. The number of aromatic nitrogens is 1. The highest BCUT2D eigenvalue weighted by atomic mass is 16.5. The van der Waals surface area contributed by atoms with Gasteiger partial charge in [-0.3, -0.25) is 10.1 Å². The van der Waals surface area contributed by atoms with E-state index in [9.17, 15) is 9.90 Å². The lowest BCUT2D eigenvalue weighted by Gasteiger charge is -2.46. The minimum atomic E-state index is -0.804. The maximum Gasteiger partial charge on any atom is 0.321 e. The molecule has 4 rings (SSSR count). The molecule has 2 aliphatic heterocycles. The Hall–Kier alpha value is -1.85. The van der Waals surface area contributed by atoms with Crippen LogP contribution in [0.1, 0.15) is 11.3 Å². The number of para-hydroxylation sites is 1. The van der Waals surface area contributed by atoms with Crippen LogP contribution in [0.2, 0.25) is 0 Å². The predicted molar refractivity (Wildman–Crippen MR) is 69.1 cm³/mol. The van der Waals surface area contributed by atoms with Gasteiger partial charge < -0.3 is 14.8 Å². The van der Waals surface area contributed by atoms with Crippen molar-refractivity contribution in [1.29, 1.82) is 0 Å².